The lowest BCUT2D eigenvalue weighted by Gasteiger charge is -2.34. The van der Waals surface area contributed by atoms with Crippen molar-refractivity contribution in [2.75, 3.05) is 45.8 Å². The summed E-state index contributed by atoms with van der Waals surface area (Å²) in [7, 11) is 0. The second-order valence-corrected chi connectivity index (χ2v) is 7.45. The van der Waals surface area contributed by atoms with Crippen LogP contribution in [0.2, 0.25) is 0 Å². The monoisotopic (exact) mass is 344 g/mol. The summed E-state index contributed by atoms with van der Waals surface area (Å²) in [4.78, 5) is 15.8. The van der Waals surface area contributed by atoms with Crippen molar-refractivity contribution in [1.82, 2.24) is 20.4 Å². The number of urea groups is 1. The zero-order chi connectivity index (χ0) is 17.1. The highest BCUT2D eigenvalue weighted by molar-refractivity contribution is 5.76. The van der Waals surface area contributed by atoms with Crippen LogP contribution in [0.3, 0.4) is 0 Å². The van der Waals surface area contributed by atoms with Gasteiger partial charge in [-0.05, 0) is 37.1 Å². The quantitative estimate of drug-likeness (QED) is 0.735. The van der Waals surface area contributed by atoms with Gasteiger partial charge in [0.05, 0.1) is 0 Å². The van der Waals surface area contributed by atoms with Crippen LogP contribution in [0, 0.1) is 0 Å². The van der Waals surface area contributed by atoms with Gasteiger partial charge in [-0.2, -0.15) is 0 Å². The molecule has 3 aliphatic rings. The SMILES string of the molecule is O=C1NCCN1CCNCc1ccc(O[C@@]23CCCN(CC2)C3)cc1. The van der Waals surface area contributed by atoms with E-state index >= 15 is 0 Å². The molecule has 3 fully saturated rings. The van der Waals surface area contributed by atoms with Crippen molar-refractivity contribution in [1.29, 1.82) is 0 Å². The molecule has 4 rings (SSSR count). The number of hydrogen-bond donors (Lipinski definition) is 2. The van der Waals surface area contributed by atoms with E-state index in [9.17, 15) is 4.79 Å². The molecule has 0 spiro atoms. The summed E-state index contributed by atoms with van der Waals surface area (Å²) in [5, 5.41) is 6.23. The number of nitrogens with zero attached hydrogens (tertiary/aromatic N) is 2. The highest BCUT2D eigenvalue weighted by atomic mass is 16.5. The first-order valence-electron chi connectivity index (χ1n) is 9.46. The van der Waals surface area contributed by atoms with E-state index in [-0.39, 0.29) is 11.6 Å². The molecule has 0 radical (unpaired) electrons. The van der Waals surface area contributed by atoms with Crippen molar-refractivity contribution >= 4 is 6.03 Å². The molecule has 0 aliphatic carbocycles. The maximum absolute atomic E-state index is 11.5. The Labute approximate surface area is 149 Å². The number of amides is 2. The highest BCUT2D eigenvalue weighted by Crippen LogP contribution is 2.35. The van der Waals surface area contributed by atoms with Crippen LogP contribution in [0.4, 0.5) is 4.79 Å². The molecule has 6 nitrogen and oxygen atoms in total. The van der Waals surface area contributed by atoms with Gasteiger partial charge in [0, 0.05) is 52.2 Å². The predicted molar refractivity (Wildman–Crippen MR) is 96.8 cm³/mol. The zero-order valence-corrected chi connectivity index (χ0v) is 14.8. The Morgan fingerprint density at radius 2 is 2.04 bits per heavy atom. The highest BCUT2D eigenvalue weighted by Gasteiger charge is 2.42. The molecule has 1 unspecified atom stereocenters. The molecule has 2 amide bonds. The van der Waals surface area contributed by atoms with Crippen LogP contribution in [0.15, 0.2) is 24.3 Å². The number of carbonyl (C=O) groups is 1. The Morgan fingerprint density at radius 3 is 2.84 bits per heavy atom. The Bertz CT molecular complexity index is 602. The summed E-state index contributed by atoms with van der Waals surface area (Å²) in [6, 6.07) is 8.51. The van der Waals surface area contributed by atoms with E-state index in [4.69, 9.17) is 4.74 Å². The van der Waals surface area contributed by atoms with Gasteiger partial charge in [-0.25, -0.2) is 4.79 Å². The smallest absolute Gasteiger partial charge is 0.317 e. The Morgan fingerprint density at radius 1 is 1.16 bits per heavy atom. The Balaban J connectivity index is 1.22. The third-order valence-corrected chi connectivity index (χ3v) is 5.59. The minimum Gasteiger partial charge on any atom is -0.486 e. The van der Waals surface area contributed by atoms with Gasteiger partial charge in [0.1, 0.15) is 11.4 Å². The molecule has 136 valence electrons. The minimum atomic E-state index is 0.0499. The zero-order valence-electron chi connectivity index (χ0n) is 14.8. The second-order valence-electron chi connectivity index (χ2n) is 7.45. The van der Waals surface area contributed by atoms with E-state index in [2.05, 4.69) is 39.8 Å². The normalized spacial score (nSPS) is 28.2. The van der Waals surface area contributed by atoms with Crippen LogP contribution in [0.1, 0.15) is 24.8 Å². The average Bonchev–Trinajstić information content (AvgIpc) is 3.16. The first kappa shape index (κ1) is 16.7. The van der Waals surface area contributed by atoms with Crippen molar-refractivity contribution in [3.8, 4) is 5.75 Å². The summed E-state index contributed by atoms with van der Waals surface area (Å²) in [5.41, 5.74) is 1.29. The number of benzene rings is 1. The fourth-order valence-electron chi connectivity index (χ4n) is 4.18. The standard InChI is InChI=1S/C19H28N4O2/c24-18-21-9-13-23(18)12-8-20-14-16-2-4-17(5-3-16)25-19-6-1-10-22(15-19)11-7-19/h2-5,20H,1,6-15H2,(H,21,24)/t19-/m0/s1. The molecule has 25 heavy (non-hydrogen) atoms. The minimum absolute atomic E-state index is 0.0499. The van der Waals surface area contributed by atoms with E-state index in [1.54, 1.807) is 0 Å². The number of nitrogens with one attached hydrogen (secondary N) is 2. The second kappa shape index (κ2) is 7.22. The van der Waals surface area contributed by atoms with Crippen LogP contribution in [0.25, 0.3) is 0 Å². The lowest BCUT2D eigenvalue weighted by Crippen LogP contribution is -2.43. The van der Waals surface area contributed by atoms with E-state index in [1.807, 2.05) is 4.90 Å². The first-order chi connectivity index (χ1) is 12.2. The largest absolute Gasteiger partial charge is 0.486 e. The molecule has 3 heterocycles. The van der Waals surface area contributed by atoms with Gasteiger partial charge in [0.25, 0.3) is 0 Å². The van der Waals surface area contributed by atoms with Gasteiger partial charge in [-0.3, -0.25) is 4.90 Å². The van der Waals surface area contributed by atoms with E-state index in [0.29, 0.717) is 0 Å². The lowest BCUT2D eigenvalue weighted by atomic mass is 9.94. The maximum atomic E-state index is 11.5. The van der Waals surface area contributed by atoms with Crippen molar-refractivity contribution in [3.63, 3.8) is 0 Å². The summed E-state index contributed by atoms with van der Waals surface area (Å²) < 4.78 is 6.38. The van der Waals surface area contributed by atoms with Crippen molar-refractivity contribution in [3.05, 3.63) is 29.8 Å². The van der Waals surface area contributed by atoms with Gasteiger partial charge < -0.3 is 20.3 Å². The fourth-order valence-corrected chi connectivity index (χ4v) is 4.18. The van der Waals surface area contributed by atoms with E-state index in [1.165, 1.54) is 31.5 Å². The topological polar surface area (TPSA) is 56.8 Å². The summed E-state index contributed by atoms with van der Waals surface area (Å²) in [5.74, 6) is 0.987. The number of ether oxygens (including phenoxy) is 1. The molecule has 6 heteroatoms. The van der Waals surface area contributed by atoms with Crippen LogP contribution in [0.5, 0.6) is 5.75 Å². The van der Waals surface area contributed by atoms with E-state index < -0.39 is 0 Å². The van der Waals surface area contributed by atoms with Gasteiger partial charge in [0.15, 0.2) is 0 Å². The average molecular weight is 344 g/mol. The van der Waals surface area contributed by atoms with Crippen LogP contribution in [-0.4, -0.2) is 67.2 Å². The molecule has 0 aromatic heterocycles. The van der Waals surface area contributed by atoms with Crippen molar-refractivity contribution in [2.24, 2.45) is 0 Å². The molecule has 1 aromatic rings. The molecule has 2 N–H and O–H groups in total. The number of carbonyl (C=O) groups excluding carboxylic acids is 1. The summed E-state index contributed by atoms with van der Waals surface area (Å²) in [6.07, 6.45) is 3.58. The number of fused-ring (bicyclic) bond motifs is 2. The lowest BCUT2D eigenvalue weighted by molar-refractivity contribution is 0.0453. The third kappa shape index (κ3) is 3.90. The number of piperidine rings is 1. The third-order valence-electron chi connectivity index (χ3n) is 5.59. The van der Waals surface area contributed by atoms with Gasteiger partial charge >= 0.3 is 6.03 Å². The number of hydrogen-bond acceptors (Lipinski definition) is 4. The van der Waals surface area contributed by atoms with E-state index in [0.717, 1.165) is 51.4 Å². The van der Waals surface area contributed by atoms with Gasteiger partial charge in [-0.1, -0.05) is 12.1 Å². The van der Waals surface area contributed by atoms with Gasteiger partial charge in [-0.15, -0.1) is 0 Å². The van der Waals surface area contributed by atoms with Crippen LogP contribution < -0.4 is 15.4 Å². The van der Waals surface area contributed by atoms with Crippen LogP contribution in [-0.2, 0) is 6.54 Å². The molecule has 0 saturated carbocycles. The molecule has 3 aliphatic heterocycles. The predicted octanol–water partition coefficient (Wildman–Crippen LogP) is 1.42. The first-order valence-corrected chi connectivity index (χ1v) is 9.46. The fraction of sp³-hybridized carbons (Fsp3) is 0.632. The molecule has 3 saturated heterocycles. The van der Waals surface area contributed by atoms with Crippen molar-refractivity contribution in [2.45, 2.75) is 31.4 Å². The molecule has 2 atom stereocenters. The van der Waals surface area contributed by atoms with Gasteiger partial charge in [0.2, 0.25) is 0 Å². The number of rotatable bonds is 7. The molecule has 2 bridgehead atoms. The van der Waals surface area contributed by atoms with Crippen LogP contribution >= 0.6 is 0 Å². The molecule has 1 aromatic carbocycles. The maximum Gasteiger partial charge on any atom is 0.317 e. The Kier molecular flexibility index (Phi) is 4.81. The molecular weight excluding hydrogens is 316 g/mol. The summed E-state index contributed by atoms with van der Waals surface area (Å²) in [6.45, 7) is 7.45. The van der Waals surface area contributed by atoms with Crippen molar-refractivity contribution < 1.29 is 9.53 Å². The summed E-state index contributed by atoms with van der Waals surface area (Å²) >= 11 is 0. The Hall–Kier alpha value is -1.79. The molecular formula is C19H28N4O2.